The molecule has 0 bridgehead atoms. The molecule has 2 aromatic rings. The van der Waals surface area contributed by atoms with Gasteiger partial charge in [-0.15, -0.1) is 11.8 Å². The summed E-state index contributed by atoms with van der Waals surface area (Å²) in [7, 11) is 2.11. The van der Waals surface area contributed by atoms with Gasteiger partial charge in [0.05, 0.1) is 0 Å². The Morgan fingerprint density at radius 2 is 1.86 bits per heavy atom. The zero-order chi connectivity index (χ0) is 14.9. The van der Waals surface area contributed by atoms with Crippen LogP contribution in [0.15, 0.2) is 47.4 Å². The number of fused-ring (bicyclic) bond motifs is 1. The molecule has 0 aromatic heterocycles. The van der Waals surface area contributed by atoms with Crippen LogP contribution in [0.4, 0.5) is 0 Å². The minimum absolute atomic E-state index is 0.474. The number of nitrogens with one attached hydrogen (secondary N) is 1. The van der Waals surface area contributed by atoms with Crippen molar-refractivity contribution in [3.8, 4) is 0 Å². The first-order chi connectivity index (χ1) is 10.1. The number of hydrogen-bond acceptors (Lipinski definition) is 2. The molecule has 3 rings (SSSR count). The highest BCUT2D eigenvalue weighted by Gasteiger charge is 2.34. The molecule has 1 saturated carbocycles. The van der Waals surface area contributed by atoms with Gasteiger partial charge in [-0.25, -0.2) is 0 Å². The van der Waals surface area contributed by atoms with Crippen LogP contribution in [0.25, 0.3) is 10.8 Å². The largest absolute Gasteiger partial charge is 0.316 e. The van der Waals surface area contributed by atoms with Gasteiger partial charge >= 0.3 is 0 Å². The molecule has 2 atom stereocenters. The summed E-state index contributed by atoms with van der Waals surface area (Å²) >= 11 is 2.05. The summed E-state index contributed by atoms with van der Waals surface area (Å²) in [6.45, 7) is 4.82. The van der Waals surface area contributed by atoms with Crippen molar-refractivity contribution in [3.63, 3.8) is 0 Å². The van der Waals surface area contributed by atoms with E-state index in [0.717, 1.165) is 0 Å². The van der Waals surface area contributed by atoms with Crippen LogP contribution in [0.2, 0.25) is 0 Å². The topological polar surface area (TPSA) is 12.0 Å². The van der Waals surface area contributed by atoms with E-state index in [2.05, 4.69) is 80.4 Å². The maximum atomic E-state index is 3.53. The lowest BCUT2D eigenvalue weighted by Crippen LogP contribution is -2.43. The molecule has 2 unspecified atom stereocenters. The molecule has 2 heteroatoms. The van der Waals surface area contributed by atoms with Crippen LogP contribution in [0.1, 0.15) is 33.1 Å². The highest BCUT2D eigenvalue weighted by atomic mass is 32.2. The van der Waals surface area contributed by atoms with Gasteiger partial charge in [0.1, 0.15) is 0 Å². The molecule has 0 spiro atoms. The Morgan fingerprint density at radius 1 is 1.10 bits per heavy atom. The smallest absolute Gasteiger partial charge is 0.0253 e. The van der Waals surface area contributed by atoms with Gasteiger partial charge < -0.3 is 5.32 Å². The lowest BCUT2D eigenvalue weighted by Gasteiger charge is -2.40. The van der Waals surface area contributed by atoms with Crippen molar-refractivity contribution in [2.75, 3.05) is 7.05 Å². The standard InChI is InChI=1S/C19H25NS/c1-19(2)11-10-17(20-3)18(13-19)21-16-9-8-14-6-4-5-7-15(14)12-16/h4-9,12,17-18,20H,10-11,13H2,1-3H3. The van der Waals surface area contributed by atoms with Crippen LogP contribution in [-0.2, 0) is 0 Å². The van der Waals surface area contributed by atoms with E-state index >= 15 is 0 Å². The lowest BCUT2D eigenvalue weighted by atomic mass is 9.75. The fourth-order valence-electron chi connectivity index (χ4n) is 3.39. The van der Waals surface area contributed by atoms with Gasteiger partial charge in [0.25, 0.3) is 0 Å². The zero-order valence-corrected chi connectivity index (χ0v) is 14.0. The number of rotatable bonds is 3. The summed E-state index contributed by atoms with van der Waals surface area (Å²) in [6.07, 6.45) is 3.90. The number of hydrogen-bond donors (Lipinski definition) is 1. The molecule has 21 heavy (non-hydrogen) atoms. The third kappa shape index (κ3) is 3.44. The van der Waals surface area contributed by atoms with E-state index < -0.39 is 0 Å². The summed E-state index contributed by atoms with van der Waals surface area (Å²) in [5.41, 5.74) is 0.474. The van der Waals surface area contributed by atoms with Gasteiger partial charge in [-0.2, -0.15) is 0 Å². The highest BCUT2D eigenvalue weighted by Crippen LogP contribution is 2.42. The van der Waals surface area contributed by atoms with Gasteiger partial charge in [0.15, 0.2) is 0 Å². The molecule has 1 N–H and O–H groups in total. The Hall–Kier alpha value is -0.990. The van der Waals surface area contributed by atoms with E-state index in [-0.39, 0.29) is 0 Å². The Labute approximate surface area is 132 Å². The van der Waals surface area contributed by atoms with Crippen LogP contribution in [0.3, 0.4) is 0 Å². The first kappa shape index (κ1) is 14.9. The van der Waals surface area contributed by atoms with E-state index in [1.165, 1.54) is 34.9 Å². The van der Waals surface area contributed by atoms with Crippen LogP contribution in [-0.4, -0.2) is 18.3 Å². The molecule has 1 fully saturated rings. The molecule has 1 nitrogen and oxygen atoms in total. The molecule has 0 heterocycles. The van der Waals surface area contributed by atoms with Crippen molar-refractivity contribution in [1.29, 1.82) is 0 Å². The van der Waals surface area contributed by atoms with Gasteiger partial charge in [-0.1, -0.05) is 44.2 Å². The first-order valence-corrected chi connectivity index (χ1v) is 8.78. The SMILES string of the molecule is CNC1CCC(C)(C)CC1Sc1ccc2ccccc2c1. The summed E-state index contributed by atoms with van der Waals surface area (Å²) in [5, 5.41) is 6.87. The van der Waals surface area contributed by atoms with Crippen LogP contribution in [0.5, 0.6) is 0 Å². The van der Waals surface area contributed by atoms with Crippen molar-refractivity contribution in [2.24, 2.45) is 5.41 Å². The summed E-state index contributed by atoms with van der Waals surface area (Å²) in [4.78, 5) is 1.40. The minimum atomic E-state index is 0.474. The quantitative estimate of drug-likeness (QED) is 0.846. The maximum absolute atomic E-state index is 3.53. The van der Waals surface area contributed by atoms with Crippen LogP contribution >= 0.6 is 11.8 Å². The monoisotopic (exact) mass is 299 g/mol. The Bertz CT molecular complexity index is 620. The van der Waals surface area contributed by atoms with Crippen molar-refractivity contribution in [1.82, 2.24) is 5.32 Å². The third-order valence-corrected chi connectivity index (χ3v) is 6.04. The Kier molecular flexibility index (Phi) is 4.28. The molecule has 112 valence electrons. The summed E-state index contributed by atoms with van der Waals surface area (Å²) < 4.78 is 0. The molecule has 0 amide bonds. The molecule has 2 aromatic carbocycles. The summed E-state index contributed by atoms with van der Waals surface area (Å²) in [5.74, 6) is 0. The van der Waals surface area contributed by atoms with E-state index in [9.17, 15) is 0 Å². The van der Waals surface area contributed by atoms with Crippen LogP contribution < -0.4 is 5.32 Å². The molecule has 0 saturated heterocycles. The second kappa shape index (κ2) is 6.02. The average Bonchev–Trinajstić information content (AvgIpc) is 2.46. The molecule has 0 radical (unpaired) electrons. The van der Waals surface area contributed by atoms with E-state index in [1.807, 2.05) is 0 Å². The molecule has 0 aliphatic heterocycles. The fraction of sp³-hybridized carbons (Fsp3) is 0.474. The molecular formula is C19H25NS. The van der Waals surface area contributed by atoms with Crippen molar-refractivity contribution in [2.45, 2.75) is 49.3 Å². The van der Waals surface area contributed by atoms with Crippen molar-refractivity contribution < 1.29 is 0 Å². The lowest BCUT2D eigenvalue weighted by molar-refractivity contribution is 0.218. The zero-order valence-electron chi connectivity index (χ0n) is 13.2. The Balaban J connectivity index is 1.82. The number of benzene rings is 2. The van der Waals surface area contributed by atoms with Gasteiger partial charge in [-0.05, 0) is 54.6 Å². The van der Waals surface area contributed by atoms with E-state index in [0.29, 0.717) is 16.7 Å². The van der Waals surface area contributed by atoms with Gasteiger partial charge in [-0.3, -0.25) is 0 Å². The Morgan fingerprint density at radius 3 is 2.62 bits per heavy atom. The third-order valence-electron chi connectivity index (χ3n) is 4.71. The predicted molar refractivity (Wildman–Crippen MR) is 94.1 cm³/mol. The molecule has 1 aliphatic carbocycles. The van der Waals surface area contributed by atoms with E-state index in [1.54, 1.807) is 0 Å². The average molecular weight is 299 g/mol. The fourth-order valence-corrected chi connectivity index (χ4v) is 5.05. The normalized spacial score (nSPS) is 25.1. The highest BCUT2D eigenvalue weighted by molar-refractivity contribution is 8.00. The number of thioether (sulfide) groups is 1. The van der Waals surface area contributed by atoms with Gasteiger partial charge in [0.2, 0.25) is 0 Å². The van der Waals surface area contributed by atoms with E-state index in [4.69, 9.17) is 0 Å². The minimum Gasteiger partial charge on any atom is -0.316 e. The van der Waals surface area contributed by atoms with Gasteiger partial charge in [0, 0.05) is 16.2 Å². The van der Waals surface area contributed by atoms with Crippen LogP contribution in [0, 0.1) is 5.41 Å². The van der Waals surface area contributed by atoms with Crippen molar-refractivity contribution >= 4 is 22.5 Å². The predicted octanol–water partition coefficient (Wildman–Crippen LogP) is 5.10. The second-order valence-corrected chi connectivity index (χ2v) is 8.28. The second-order valence-electron chi connectivity index (χ2n) is 6.97. The maximum Gasteiger partial charge on any atom is 0.0253 e. The summed E-state index contributed by atoms with van der Waals surface area (Å²) in [6, 6.07) is 16.1. The van der Waals surface area contributed by atoms with Crippen molar-refractivity contribution in [3.05, 3.63) is 42.5 Å². The molecular weight excluding hydrogens is 274 g/mol. The molecule has 1 aliphatic rings. The first-order valence-electron chi connectivity index (χ1n) is 7.90.